The van der Waals surface area contributed by atoms with Crippen LogP contribution in [0.1, 0.15) is 25.3 Å². The van der Waals surface area contributed by atoms with Gasteiger partial charge in [-0.05, 0) is 18.6 Å². The van der Waals surface area contributed by atoms with Crippen molar-refractivity contribution < 1.29 is 4.92 Å². The smallest absolute Gasteiger partial charge is 0.280 e. The second kappa shape index (κ2) is 6.03. The van der Waals surface area contributed by atoms with Crippen LogP contribution in [0.4, 0.5) is 5.69 Å². The zero-order valence-corrected chi connectivity index (χ0v) is 10.6. The maximum Gasteiger partial charge on any atom is 0.280 e. The molecule has 0 unspecified atom stereocenters. The van der Waals surface area contributed by atoms with Gasteiger partial charge < -0.3 is 5.73 Å². The molecule has 0 bridgehead atoms. The third-order valence-electron chi connectivity index (χ3n) is 2.41. The van der Waals surface area contributed by atoms with E-state index in [1.54, 1.807) is 0 Å². The first-order valence-corrected chi connectivity index (χ1v) is 5.72. The van der Waals surface area contributed by atoms with Gasteiger partial charge in [-0.15, -0.1) is 0 Å². The minimum absolute atomic E-state index is 0.141. The van der Waals surface area contributed by atoms with Gasteiger partial charge in [-0.2, -0.15) is 5.26 Å². The Bertz CT molecular complexity index is 547. The highest BCUT2D eigenvalue weighted by molar-refractivity contribution is 6.30. The number of nitriles is 1. The van der Waals surface area contributed by atoms with Gasteiger partial charge in [0, 0.05) is 11.1 Å². The summed E-state index contributed by atoms with van der Waals surface area (Å²) in [4.78, 5) is 10.4. The van der Waals surface area contributed by atoms with Gasteiger partial charge in [0.1, 0.15) is 0 Å². The fourth-order valence-electron chi connectivity index (χ4n) is 1.55. The predicted octanol–water partition coefficient (Wildman–Crippen LogP) is 3.24. The van der Waals surface area contributed by atoms with Gasteiger partial charge >= 0.3 is 0 Å². The average Bonchev–Trinajstić information content (AvgIpc) is 2.35. The molecule has 1 aromatic rings. The summed E-state index contributed by atoms with van der Waals surface area (Å²) < 4.78 is 0. The minimum atomic E-state index is -0.561. The molecule has 18 heavy (non-hydrogen) atoms. The molecule has 0 aliphatic carbocycles. The van der Waals surface area contributed by atoms with E-state index in [0.29, 0.717) is 12.0 Å². The molecule has 0 atom stereocenters. The summed E-state index contributed by atoms with van der Waals surface area (Å²) in [6.45, 7) is 1.90. The van der Waals surface area contributed by atoms with Gasteiger partial charge in [0.25, 0.3) is 5.69 Å². The summed E-state index contributed by atoms with van der Waals surface area (Å²) in [6.07, 6.45) is 1.23. The van der Waals surface area contributed by atoms with E-state index in [1.165, 1.54) is 18.2 Å². The highest BCUT2D eigenvalue weighted by Crippen LogP contribution is 2.29. The first-order chi connectivity index (χ1) is 8.51. The van der Waals surface area contributed by atoms with Crippen molar-refractivity contribution in [1.82, 2.24) is 0 Å². The van der Waals surface area contributed by atoms with Gasteiger partial charge in [0.2, 0.25) is 0 Å². The molecule has 5 nitrogen and oxygen atoms in total. The molecule has 0 aliphatic rings. The van der Waals surface area contributed by atoms with Crippen molar-refractivity contribution in [2.75, 3.05) is 0 Å². The molecule has 0 amide bonds. The highest BCUT2D eigenvalue weighted by atomic mass is 35.5. The van der Waals surface area contributed by atoms with Crippen molar-refractivity contribution in [2.24, 2.45) is 5.73 Å². The van der Waals surface area contributed by atoms with E-state index in [1.807, 2.05) is 13.0 Å². The summed E-state index contributed by atoms with van der Waals surface area (Å²) in [7, 11) is 0. The number of nitro groups is 1. The summed E-state index contributed by atoms with van der Waals surface area (Å²) in [6, 6.07) is 6.18. The van der Waals surface area contributed by atoms with Gasteiger partial charge in [-0.1, -0.05) is 24.9 Å². The van der Waals surface area contributed by atoms with Gasteiger partial charge in [-0.25, -0.2) is 0 Å². The molecule has 0 aromatic heterocycles. The Kier molecular flexibility index (Phi) is 4.69. The molecule has 6 heteroatoms. The van der Waals surface area contributed by atoms with Crippen LogP contribution in [0.25, 0.3) is 5.70 Å². The Balaban J connectivity index is 3.41. The van der Waals surface area contributed by atoms with E-state index in [0.717, 1.165) is 6.42 Å². The van der Waals surface area contributed by atoms with Crippen molar-refractivity contribution >= 4 is 23.0 Å². The molecule has 0 saturated heterocycles. The lowest BCUT2D eigenvalue weighted by Crippen LogP contribution is -2.04. The van der Waals surface area contributed by atoms with Crippen molar-refractivity contribution in [3.63, 3.8) is 0 Å². The monoisotopic (exact) mass is 265 g/mol. The SMILES string of the molecule is CCC/C(C#N)=C(/N)c1ccc(Cl)cc1[N+](=O)[O-]. The van der Waals surface area contributed by atoms with Crippen LogP contribution >= 0.6 is 11.6 Å². The summed E-state index contributed by atoms with van der Waals surface area (Å²) in [5.74, 6) is 0. The van der Waals surface area contributed by atoms with Crippen LogP contribution in [0.15, 0.2) is 23.8 Å². The molecule has 0 radical (unpaired) electrons. The molecule has 2 N–H and O–H groups in total. The Morgan fingerprint density at radius 3 is 2.78 bits per heavy atom. The molecular formula is C12H12ClN3O2. The fourth-order valence-corrected chi connectivity index (χ4v) is 1.71. The zero-order valence-electron chi connectivity index (χ0n) is 9.81. The Labute approximate surface area is 110 Å². The molecule has 1 rings (SSSR count). The minimum Gasteiger partial charge on any atom is -0.397 e. The predicted molar refractivity (Wildman–Crippen MR) is 69.7 cm³/mol. The van der Waals surface area contributed by atoms with Crippen LogP contribution in [-0.2, 0) is 0 Å². The lowest BCUT2D eigenvalue weighted by Gasteiger charge is -2.06. The lowest BCUT2D eigenvalue weighted by molar-refractivity contribution is -0.385. The van der Waals surface area contributed by atoms with E-state index in [9.17, 15) is 10.1 Å². The number of nitrogens with zero attached hydrogens (tertiary/aromatic N) is 2. The molecule has 94 valence electrons. The number of nitrogens with two attached hydrogens (primary N) is 1. The van der Waals surface area contributed by atoms with Crippen LogP contribution in [0.5, 0.6) is 0 Å². The van der Waals surface area contributed by atoms with Crippen molar-refractivity contribution in [2.45, 2.75) is 19.8 Å². The van der Waals surface area contributed by atoms with E-state index < -0.39 is 4.92 Å². The van der Waals surface area contributed by atoms with Crippen LogP contribution in [0, 0.1) is 21.4 Å². The number of benzene rings is 1. The average molecular weight is 266 g/mol. The Morgan fingerprint density at radius 2 is 2.28 bits per heavy atom. The second-order valence-corrected chi connectivity index (χ2v) is 4.11. The molecule has 0 fully saturated rings. The first kappa shape index (κ1) is 14.0. The molecule has 0 aliphatic heterocycles. The molecular weight excluding hydrogens is 254 g/mol. The van der Waals surface area contributed by atoms with Crippen LogP contribution < -0.4 is 5.73 Å². The fraction of sp³-hybridized carbons (Fsp3) is 0.250. The number of hydrogen-bond acceptors (Lipinski definition) is 4. The standard InChI is InChI=1S/C12H12ClN3O2/c1-2-3-8(7-14)12(15)10-5-4-9(13)6-11(10)16(17)18/h4-6H,2-3,15H2,1H3/b12-8-. The number of nitro benzene ring substituents is 1. The summed E-state index contributed by atoms with van der Waals surface area (Å²) in [5.41, 5.74) is 6.37. The van der Waals surface area contributed by atoms with E-state index >= 15 is 0 Å². The quantitative estimate of drug-likeness (QED) is 0.514. The normalized spacial score (nSPS) is 11.6. The molecule has 0 saturated carbocycles. The molecule has 0 spiro atoms. The van der Waals surface area contributed by atoms with Gasteiger partial charge in [0.15, 0.2) is 0 Å². The Hall–Kier alpha value is -2.06. The third kappa shape index (κ3) is 2.99. The second-order valence-electron chi connectivity index (χ2n) is 3.67. The van der Waals surface area contributed by atoms with E-state index in [4.69, 9.17) is 22.6 Å². The molecule has 0 heterocycles. The van der Waals surface area contributed by atoms with Gasteiger partial charge in [0.05, 0.1) is 27.8 Å². The van der Waals surface area contributed by atoms with Crippen LogP contribution in [-0.4, -0.2) is 4.92 Å². The number of allylic oxidation sites excluding steroid dienone is 1. The summed E-state index contributed by atoms with van der Waals surface area (Å²) in [5, 5.41) is 20.2. The third-order valence-corrected chi connectivity index (χ3v) is 2.64. The van der Waals surface area contributed by atoms with Crippen molar-refractivity contribution in [3.8, 4) is 6.07 Å². The van der Waals surface area contributed by atoms with Crippen molar-refractivity contribution in [1.29, 1.82) is 5.26 Å². The maximum absolute atomic E-state index is 10.9. The highest BCUT2D eigenvalue weighted by Gasteiger charge is 2.18. The van der Waals surface area contributed by atoms with Gasteiger partial charge in [-0.3, -0.25) is 10.1 Å². The summed E-state index contributed by atoms with van der Waals surface area (Å²) >= 11 is 5.71. The van der Waals surface area contributed by atoms with Crippen LogP contribution in [0.2, 0.25) is 5.02 Å². The van der Waals surface area contributed by atoms with E-state index in [2.05, 4.69) is 0 Å². The number of halogens is 1. The Morgan fingerprint density at radius 1 is 1.61 bits per heavy atom. The number of hydrogen-bond donors (Lipinski definition) is 1. The largest absolute Gasteiger partial charge is 0.397 e. The lowest BCUT2D eigenvalue weighted by atomic mass is 10.0. The topological polar surface area (TPSA) is 93.0 Å². The first-order valence-electron chi connectivity index (χ1n) is 5.34. The van der Waals surface area contributed by atoms with Crippen LogP contribution in [0.3, 0.4) is 0 Å². The van der Waals surface area contributed by atoms with E-state index in [-0.39, 0.29) is 22.0 Å². The zero-order chi connectivity index (χ0) is 13.7. The molecule has 1 aromatic carbocycles. The maximum atomic E-state index is 10.9. The number of rotatable bonds is 4. The van der Waals surface area contributed by atoms with Crippen molar-refractivity contribution in [3.05, 3.63) is 44.5 Å².